The van der Waals surface area contributed by atoms with Crippen molar-refractivity contribution < 1.29 is 18.1 Å². The van der Waals surface area contributed by atoms with Gasteiger partial charge in [0.05, 0.1) is 43.3 Å². The number of sulfonamides is 1. The van der Waals surface area contributed by atoms with Crippen LogP contribution < -0.4 is 5.01 Å². The molecule has 0 saturated heterocycles. The molecule has 12 nitrogen and oxygen atoms in total. The molecule has 41 heavy (non-hydrogen) atoms. The highest BCUT2D eigenvalue weighted by Gasteiger charge is 2.26. The Morgan fingerprint density at radius 2 is 1.76 bits per heavy atom. The van der Waals surface area contributed by atoms with Gasteiger partial charge in [-0.25, -0.2) is 13.4 Å². The number of aromatic nitrogens is 1. The van der Waals surface area contributed by atoms with Gasteiger partial charge in [0, 0.05) is 37.6 Å². The van der Waals surface area contributed by atoms with E-state index in [0.717, 1.165) is 30.9 Å². The summed E-state index contributed by atoms with van der Waals surface area (Å²) in [7, 11) is -4.02. The first-order valence-electron chi connectivity index (χ1n) is 12.0. The summed E-state index contributed by atoms with van der Waals surface area (Å²) >= 11 is 2.13. The van der Waals surface area contributed by atoms with E-state index in [0.29, 0.717) is 10.4 Å². The van der Waals surface area contributed by atoms with Crippen LogP contribution in [0.2, 0.25) is 0 Å². The molecule has 15 heteroatoms. The van der Waals surface area contributed by atoms with E-state index in [4.69, 9.17) is 10.5 Å². The van der Waals surface area contributed by atoms with Gasteiger partial charge in [0.2, 0.25) is 15.2 Å². The number of carbonyl (C=O) groups is 1. The lowest BCUT2D eigenvalue weighted by Crippen LogP contribution is -2.33. The van der Waals surface area contributed by atoms with Crippen LogP contribution in [0.3, 0.4) is 0 Å². The Bertz CT molecular complexity index is 1800. The van der Waals surface area contributed by atoms with Crippen molar-refractivity contribution in [1.29, 1.82) is 10.5 Å². The fourth-order valence-corrected chi connectivity index (χ4v) is 6.82. The van der Waals surface area contributed by atoms with Crippen molar-refractivity contribution in [2.24, 2.45) is 5.10 Å². The third kappa shape index (κ3) is 6.79. The number of thiophene rings is 1. The summed E-state index contributed by atoms with van der Waals surface area (Å²) in [5, 5.41) is 34.4. The molecule has 0 atom stereocenters. The normalized spacial score (nSPS) is 11.5. The maximum absolute atomic E-state index is 13.6. The molecule has 0 unspecified atom stereocenters. The van der Waals surface area contributed by atoms with Crippen LogP contribution in [-0.4, -0.2) is 47.8 Å². The zero-order valence-electron chi connectivity index (χ0n) is 21.5. The van der Waals surface area contributed by atoms with Gasteiger partial charge in [0.15, 0.2) is 0 Å². The van der Waals surface area contributed by atoms with Crippen molar-refractivity contribution in [2.75, 3.05) is 18.1 Å². The van der Waals surface area contributed by atoms with Gasteiger partial charge >= 0.3 is 5.00 Å². The van der Waals surface area contributed by atoms with E-state index >= 15 is 0 Å². The van der Waals surface area contributed by atoms with Gasteiger partial charge in [-0.3, -0.25) is 14.9 Å². The maximum Gasteiger partial charge on any atom is 0.324 e. The third-order valence-corrected chi connectivity index (χ3v) is 9.56. The molecule has 2 aromatic carbocycles. The van der Waals surface area contributed by atoms with Crippen LogP contribution in [0.5, 0.6) is 0 Å². The molecule has 1 amide bonds. The van der Waals surface area contributed by atoms with E-state index in [1.54, 1.807) is 0 Å². The number of nitriles is 2. The molecule has 4 rings (SSSR count). The smallest absolute Gasteiger partial charge is 0.267 e. The summed E-state index contributed by atoms with van der Waals surface area (Å²) < 4.78 is 28.2. The molecule has 208 valence electrons. The van der Waals surface area contributed by atoms with E-state index < -0.39 is 20.9 Å². The Labute approximate surface area is 243 Å². The maximum atomic E-state index is 13.6. The summed E-state index contributed by atoms with van der Waals surface area (Å²) in [6, 6.07) is 17.5. The van der Waals surface area contributed by atoms with Crippen LogP contribution in [0.1, 0.15) is 33.6 Å². The van der Waals surface area contributed by atoms with Crippen LogP contribution in [0, 0.1) is 39.7 Å². The van der Waals surface area contributed by atoms with E-state index in [-0.39, 0.29) is 46.5 Å². The summed E-state index contributed by atoms with van der Waals surface area (Å²) in [6.45, 7) is 1.80. The van der Waals surface area contributed by atoms with Crippen molar-refractivity contribution in [3.63, 3.8) is 0 Å². The van der Waals surface area contributed by atoms with Gasteiger partial charge < -0.3 is 0 Å². The number of fused-ring (bicyclic) bond motifs is 1. The van der Waals surface area contributed by atoms with Crippen molar-refractivity contribution in [1.82, 2.24) is 9.29 Å². The Kier molecular flexibility index (Phi) is 9.16. The molecule has 0 aliphatic rings. The molecule has 0 bridgehead atoms. The molecule has 0 radical (unpaired) electrons. The van der Waals surface area contributed by atoms with E-state index in [1.165, 1.54) is 53.9 Å². The van der Waals surface area contributed by atoms with Crippen molar-refractivity contribution >= 4 is 65.2 Å². The number of anilines is 1. The number of thiazole rings is 1. The van der Waals surface area contributed by atoms with Crippen LogP contribution >= 0.6 is 22.7 Å². The zero-order chi connectivity index (χ0) is 29.6. The van der Waals surface area contributed by atoms with Gasteiger partial charge in [-0.1, -0.05) is 28.7 Å². The lowest BCUT2D eigenvalue weighted by atomic mass is 10.2. The van der Waals surface area contributed by atoms with E-state index in [9.17, 15) is 23.3 Å². The molecule has 4 aromatic rings. The predicted molar refractivity (Wildman–Crippen MR) is 155 cm³/mol. The average Bonchev–Trinajstić information content (AvgIpc) is 3.60. The largest absolute Gasteiger partial charge is 0.324 e. The molecular weight excluding hydrogens is 587 g/mol. The minimum absolute atomic E-state index is 0.0384. The number of carbonyl (C=O) groups excluding carboxylic acids is 1. The Morgan fingerprint density at radius 3 is 2.37 bits per heavy atom. The van der Waals surface area contributed by atoms with Gasteiger partial charge in [0.1, 0.15) is 0 Å². The van der Waals surface area contributed by atoms with Gasteiger partial charge in [-0.2, -0.15) is 24.9 Å². The summed E-state index contributed by atoms with van der Waals surface area (Å²) in [6.07, 6.45) is 1.25. The van der Waals surface area contributed by atoms with Gasteiger partial charge in [0.25, 0.3) is 5.91 Å². The zero-order valence-corrected chi connectivity index (χ0v) is 23.9. The number of hydrazone groups is 1. The van der Waals surface area contributed by atoms with Crippen LogP contribution in [0.25, 0.3) is 10.2 Å². The highest BCUT2D eigenvalue weighted by molar-refractivity contribution is 7.89. The van der Waals surface area contributed by atoms with Gasteiger partial charge in [-0.05, 0) is 55.0 Å². The number of benzene rings is 2. The molecule has 2 heterocycles. The highest BCUT2D eigenvalue weighted by Crippen LogP contribution is 2.31. The van der Waals surface area contributed by atoms with E-state index in [1.807, 2.05) is 37.3 Å². The highest BCUT2D eigenvalue weighted by atomic mass is 32.2. The average molecular weight is 608 g/mol. The second-order valence-corrected chi connectivity index (χ2v) is 12.5. The third-order valence-electron chi connectivity index (χ3n) is 5.68. The molecular formula is C26H21N7O5S3. The second kappa shape index (κ2) is 12.8. The van der Waals surface area contributed by atoms with Crippen molar-refractivity contribution in [3.8, 4) is 12.1 Å². The number of rotatable bonds is 11. The first-order chi connectivity index (χ1) is 19.6. The SMILES string of the molecule is Cc1ccc2nc(N(/N=C/c3ccc([N+](=O)[O-])s3)C(=O)c3ccc(S(=O)(=O)N(CCC#N)CCC#N)cc3)sc2c1. The molecule has 0 spiro atoms. The Morgan fingerprint density at radius 1 is 1.07 bits per heavy atom. The lowest BCUT2D eigenvalue weighted by Gasteiger charge is -2.20. The lowest BCUT2D eigenvalue weighted by molar-refractivity contribution is -0.380. The molecule has 0 N–H and O–H groups in total. The first kappa shape index (κ1) is 29.4. The Hall–Kier alpha value is -4.54. The summed E-state index contributed by atoms with van der Waals surface area (Å²) in [5.74, 6) is -0.599. The number of aryl methyl sites for hydroxylation is 1. The molecule has 0 aliphatic heterocycles. The fraction of sp³-hybridized carbons (Fsp3) is 0.192. The van der Waals surface area contributed by atoms with Crippen molar-refractivity contribution in [3.05, 3.63) is 80.7 Å². The predicted octanol–water partition coefficient (Wildman–Crippen LogP) is 5.07. The topological polar surface area (TPSA) is 174 Å². The molecule has 0 aliphatic carbocycles. The molecule has 0 fully saturated rings. The minimum Gasteiger partial charge on any atom is -0.267 e. The monoisotopic (exact) mass is 607 g/mol. The number of nitrogens with zero attached hydrogens (tertiary/aromatic N) is 7. The standard InChI is InChI=1S/C26H21N7O5S3/c1-18-4-10-22-23(16-18)40-26(30-22)32(29-17-20-7-11-24(39-20)33(35)36)25(34)19-5-8-21(9-6-19)41(37,38)31(14-2-12-27)15-3-13-28/h4-11,16-17H,2-3,14-15H2,1H3/b29-17+. The van der Waals surface area contributed by atoms with Crippen LogP contribution in [0.4, 0.5) is 10.1 Å². The quantitative estimate of drug-likeness (QED) is 0.129. The van der Waals surface area contributed by atoms with Crippen molar-refractivity contribution in [2.45, 2.75) is 24.7 Å². The summed E-state index contributed by atoms with van der Waals surface area (Å²) in [4.78, 5) is 29.1. The fourth-order valence-electron chi connectivity index (χ4n) is 3.67. The van der Waals surface area contributed by atoms with Crippen LogP contribution in [-0.2, 0) is 10.0 Å². The number of hydrogen-bond acceptors (Lipinski definition) is 11. The molecule has 2 aromatic heterocycles. The molecule has 0 saturated carbocycles. The first-order valence-corrected chi connectivity index (χ1v) is 15.1. The Balaban J connectivity index is 1.68. The number of hydrogen-bond donors (Lipinski definition) is 0. The minimum atomic E-state index is -4.02. The summed E-state index contributed by atoms with van der Waals surface area (Å²) in [5.41, 5.74) is 1.79. The van der Waals surface area contributed by atoms with Crippen LogP contribution in [0.15, 0.2) is 64.6 Å². The number of amides is 1. The van der Waals surface area contributed by atoms with Gasteiger partial charge in [-0.15, -0.1) is 0 Å². The second-order valence-electron chi connectivity index (χ2n) is 8.51. The number of nitro groups is 1. The van der Waals surface area contributed by atoms with E-state index in [2.05, 4.69) is 10.1 Å².